The first-order valence-electron chi connectivity index (χ1n) is 7.78. The fraction of sp³-hybridized carbons (Fsp3) is 0.625. The van der Waals surface area contributed by atoms with E-state index in [0.717, 1.165) is 19.5 Å². The summed E-state index contributed by atoms with van der Waals surface area (Å²) in [4.78, 5) is 0.241. The second-order valence-corrected chi connectivity index (χ2v) is 8.45. The number of sulfonamides is 1. The van der Waals surface area contributed by atoms with Crippen molar-refractivity contribution in [3.05, 3.63) is 29.8 Å². The summed E-state index contributed by atoms with van der Waals surface area (Å²) in [5.74, 6) is 0.678. The Kier molecular flexibility index (Phi) is 5.60. The third kappa shape index (κ3) is 5.35. The molecule has 0 amide bonds. The SMILES string of the molecule is CC(C)(O)CNS(=O)(=O)c1ccc(CC2CCNCC2)cc1. The lowest BCUT2D eigenvalue weighted by Gasteiger charge is -2.22. The zero-order valence-electron chi connectivity index (χ0n) is 13.3. The molecule has 6 heteroatoms. The molecule has 0 spiro atoms. The molecule has 0 aliphatic carbocycles. The lowest BCUT2D eigenvalue weighted by molar-refractivity contribution is 0.0857. The Morgan fingerprint density at radius 2 is 1.82 bits per heavy atom. The topological polar surface area (TPSA) is 78.4 Å². The fourth-order valence-electron chi connectivity index (χ4n) is 2.58. The minimum atomic E-state index is -3.56. The van der Waals surface area contributed by atoms with Crippen LogP contribution in [0.5, 0.6) is 0 Å². The molecule has 1 aromatic rings. The first-order valence-corrected chi connectivity index (χ1v) is 9.26. The van der Waals surface area contributed by atoms with Crippen molar-refractivity contribution >= 4 is 10.0 Å². The van der Waals surface area contributed by atoms with Gasteiger partial charge < -0.3 is 10.4 Å². The highest BCUT2D eigenvalue weighted by Gasteiger charge is 2.20. The molecule has 1 aliphatic rings. The maximum absolute atomic E-state index is 12.1. The van der Waals surface area contributed by atoms with Gasteiger partial charge in [0, 0.05) is 6.54 Å². The Morgan fingerprint density at radius 1 is 1.23 bits per heavy atom. The van der Waals surface area contributed by atoms with E-state index in [-0.39, 0.29) is 11.4 Å². The Morgan fingerprint density at radius 3 is 2.36 bits per heavy atom. The number of nitrogens with one attached hydrogen (secondary N) is 2. The fourth-order valence-corrected chi connectivity index (χ4v) is 3.78. The molecular formula is C16H26N2O3S. The van der Waals surface area contributed by atoms with E-state index < -0.39 is 15.6 Å². The third-order valence-corrected chi connectivity index (χ3v) is 5.33. The van der Waals surface area contributed by atoms with Crippen LogP contribution in [0.1, 0.15) is 32.3 Å². The van der Waals surface area contributed by atoms with Gasteiger partial charge in [0.05, 0.1) is 10.5 Å². The van der Waals surface area contributed by atoms with Crippen LogP contribution in [-0.4, -0.2) is 38.8 Å². The highest BCUT2D eigenvalue weighted by atomic mass is 32.2. The Labute approximate surface area is 133 Å². The molecule has 0 aromatic heterocycles. The minimum absolute atomic E-state index is 0.00778. The predicted molar refractivity (Wildman–Crippen MR) is 87.2 cm³/mol. The number of benzene rings is 1. The van der Waals surface area contributed by atoms with Crippen molar-refractivity contribution in [2.75, 3.05) is 19.6 Å². The summed E-state index contributed by atoms with van der Waals surface area (Å²) < 4.78 is 26.7. The van der Waals surface area contributed by atoms with E-state index in [2.05, 4.69) is 10.0 Å². The van der Waals surface area contributed by atoms with E-state index in [4.69, 9.17) is 0 Å². The summed E-state index contributed by atoms with van der Waals surface area (Å²) in [7, 11) is -3.56. The molecule has 1 aromatic carbocycles. The smallest absolute Gasteiger partial charge is 0.240 e. The van der Waals surface area contributed by atoms with Crippen LogP contribution < -0.4 is 10.0 Å². The van der Waals surface area contributed by atoms with E-state index in [0.29, 0.717) is 5.92 Å². The molecule has 0 bridgehead atoms. The Bertz CT molecular complexity index is 570. The van der Waals surface area contributed by atoms with Gasteiger partial charge in [-0.3, -0.25) is 0 Å². The zero-order chi connectivity index (χ0) is 16.2. The molecule has 124 valence electrons. The van der Waals surface area contributed by atoms with Gasteiger partial charge >= 0.3 is 0 Å². The van der Waals surface area contributed by atoms with E-state index in [1.807, 2.05) is 12.1 Å². The molecule has 0 unspecified atom stereocenters. The molecular weight excluding hydrogens is 300 g/mol. The van der Waals surface area contributed by atoms with Gasteiger partial charge in [0.15, 0.2) is 0 Å². The van der Waals surface area contributed by atoms with Gasteiger partial charge in [-0.2, -0.15) is 0 Å². The molecule has 3 N–H and O–H groups in total. The van der Waals surface area contributed by atoms with Gasteiger partial charge in [-0.05, 0) is 69.8 Å². The van der Waals surface area contributed by atoms with Crippen LogP contribution in [0.3, 0.4) is 0 Å². The van der Waals surface area contributed by atoms with Crippen LogP contribution in [0.15, 0.2) is 29.2 Å². The maximum atomic E-state index is 12.1. The summed E-state index contributed by atoms with van der Waals surface area (Å²) in [5, 5.41) is 13.0. The van der Waals surface area contributed by atoms with Crippen molar-refractivity contribution < 1.29 is 13.5 Å². The summed E-state index contributed by atoms with van der Waals surface area (Å²) >= 11 is 0. The normalized spacial score (nSPS) is 17.6. The minimum Gasteiger partial charge on any atom is -0.389 e. The highest BCUT2D eigenvalue weighted by molar-refractivity contribution is 7.89. The van der Waals surface area contributed by atoms with Crippen molar-refractivity contribution in [3.63, 3.8) is 0 Å². The van der Waals surface area contributed by atoms with Gasteiger partial charge in [-0.15, -0.1) is 0 Å². The summed E-state index contributed by atoms with van der Waals surface area (Å²) in [6.07, 6.45) is 3.35. The van der Waals surface area contributed by atoms with E-state index in [9.17, 15) is 13.5 Å². The lowest BCUT2D eigenvalue weighted by atomic mass is 9.91. The molecule has 1 heterocycles. The van der Waals surface area contributed by atoms with Crippen LogP contribution in [0.25, 0.3) is 0 Å². The standard InChI is InChI=1S/C16H26N2O3S/c1-16(2,19)12-18-22(20,21)15-5-3-13(4-6-15)11-14-7-9-17-10-8-14/h3-6,14,17-19H,7-12H2,1-2H3. The van der Waals surface area contributed by atoms with Crippen LogP contribution in [0, 0.1) is 5.92 Å². The molecule has 0 saturated carbocycles. The molecule has 1 aliphatic heterocycles. The molecule has 1 saturated heterocycles. The first kappa shape index (κ1) is 17.4. The van der Waals surface area contributed by atoms with Gasteiger partial charge in [-0.1, -0.05) is 12.1 Å². The Balaban J connectivity index is 1.98. The monoisotopic (exact) mass is 326 g/mol. The summed E-state index contributed by atoms with van der Waals surface area (Å²) in [6, 6.07) is 7.06. The number of aliphatic hydroxyl groups is 1. The molecule has 1 fully saturated rings. The number of hydrogen-bond acceptors (Lipinski definition) is 4. The van der Waals surface area contributed by atoms with Crippen molar-refractivity contribution in [1.29, 1.82) is 0 Å². The number of piperidine rings is 1. The summed E-state index contributed by atoms with van der Waals surface area (Å²) in [6.45, 7) is 5.26. The summed E-state index contributed by atoms with van der Waals surface area (Å²) in [5.41, 5.74) is 0.107. The van der Waals surface area contributed by atoms with E-state index >= 15 is 0 Å². The zero-order valence-corrected chi connectivity index (χ0v) is 14.1. The second kappa shape index (κ2) is 7.08. The van der Waals surface area contributed by atoms with Gasteiger partial charge in [0.1, 0.15) is 0 Å². The highest BCUT2D eigenvalue weighted by Crippen LogP contribution is 2.19. The predicted octanol–water partition coefficient (Wildman–Crippen LogP) is 1.28. The number of rotatable bonds is 6. The van der Waals surface area contributed by atoms with Crippen molar-refractivity contribution in [3.8, 4) is 0 Å². The van der Waals surface area contributed by atoms with Crippen molar-refractivity contribution in [2.45, 2.75) is 43.6 Å². The van der Waals surface area contributed by atoms with Gasteiger partial charge in [0.2, 0.25) is 10.0 Å². The van der Waals surface area contributed by atoms with Crippen molar-refractivity contribution in [1.82, 2.24) is 10.0 Å². The lowest BCUT2D eigenvalue weighted by Crippen LogP contribution is -2.38. The second-order valence-electron chi connectivity index (χ2n) is 6.68. The largest absolute Gasteiger partial charge is 0.389 e. The average Bonchev–Trinajstić information content (AvgIpc) is 2.46. The Hall–Kier alpha value is -0.950. The molecule has 0 radical (unpaired) electrons. The maximum Gasteiger partial charge on any atom is 0.240 e. The molecule has 5 nitrogen and oxygen atoms in total. The van der Waals surface area contributed by atoms with Crippen LogP contribution >= 0.6 is 0 Å². The molecule has 22 heavy (non-hydrogen) atoms. The third-order valence-electron chi connectivity index (χ3n) is 3.91. The van der Waals surface area contributed by atoms with Crippen LogP contribution in [-0.2, 0) is 16.4 Å². The van der Waals surface area contributed by atoms with E-state index in [1.165, 1.54) is 18.4 Å². The van der Waals surface area contributed by atoms with E-state index in [1.54, 1.807) is 26.0 Å². The van der Waals surface area contributed by atoms with Gasteiger partial charge in [-0.25, -0.2) is 13.1 Å². The number of hydrogen-bond donors (Lipinski definition) is 3. The molecule has 2 rings (SSSR count). The average molecular weight is 326 g/mol. The van der Waals surface area contributed by atoms with Crippen LogP contribution in [0.4, 0.5) is 0 Å². The quantitative estimate of drug-likeness (QED) is 0.736. The first-order chi connectivity index (χ1) is 10.3. The van der Waals surface area contributed by atoms with Crippen LogP contribution in [0.2, 0.25) is 0 Å². The van der Waals surface area contributed by atoms with Crippen molar-refractivity contribution in [2.24, 2.45) is 5.92 Å². The van der Waals surface area contributed by atoms with Gasteiger partial charge in [0.25, 0.3) is 0 Å². The molecule has 0 atom stereocenters.